The molecule has 100 valence electrons. The Morgan fingerprint density at radius 1 is 1.50 bits per heavy atom. The van der Waals surface area contributed by atoms with E-state index in [0.717, 1.165) is 44.5 Å². The first-order valence-corrected chi connectivity index (χ1v) is 6.76. The molecule has 1 aliphatic rings. The lowest BCUT2D eigenvalue weighted by Gasteiger charge is -2.26. The smallest absolute Gasteiger partial charge is 0.227 e. The van der Waals surface area contributed by atoms with Crippen molar-refractivity contribution < 1.29 is 4.79 Å². The molecule has 5 heteroatoms. The van der Waals surface area contributed by atoms with Crippen molar-refractivity contribution in [2.24, 2.45) is 17.6 Å². The zero-order valence-corrected chi connectivity index (χ0v) is 10.9. The number of hydrogen-bond donors (Lipinski definition) is 2. The summed E-state index contributed by atoms with van der Waals surface area (Å²) >= 11 is 0. The average molecular weight is 250 g/mol. The Hall–Kier alpha value is -1.36. The fourth-order valence-electron chi connectivity index (χ4n) is 2.51. The third-order valence-corrected chi connectivity index (χ3v) is 3.78. The monoisotopic (exact) mass is 250 g/mol. The van der Waals surface area contributed by atoms with E-state index in [9.17, 15) is 4.79 Å². The van der Waals surface area contributed by atoms with Crippen LogP contribution in [-0.4, -0.2) is 22.2 Å². The maximum atomic E-state index is 12.1. The Balaban J connectivity index is 1.85. The molecule has 0 saturated heterocycles. The Morgan fingerprint density at radius 2 is 2.22 bits per heavy atom. The summed E-state index contributed by atoms with van der Waals surface area (Å²) in [6.07, 6.45) is 7.62. The number of carbonyl (C=O) groups excluding carboxylic acids is 1. The predicted molar refractivity (Wildman–Crippen MR) is 71.0 cm³/mol. The number of nitrogens with one attached hydrogen (secondary N) is 1. The van der Waals surface area contributed by atoms with Gasteiger partial charge in [-0.05, 0) is 45.1 Å². The number of nitrogens with two attached hydrogens (primary N) is 1. The quantitative estimate of drug-likeness (QED) is 0.852. The van der Waals surface area contributed by atoms with E-state index in [0.29, 0.717) is 5.92 Å². The molecule has 1 aliphatic carbocycles. The largest absolute Gasteiger partial charge is 0.330 e. The van der Waals surface area contributed by atoms with E-state index in [1.807, 2.05) is 13.1 Å². The lowest BCUT2D eigenvalue weighted by Crippen LogP contribution is -2.29. The standard InChI is InChI=1S/C13H22N4O/c1-2-17-9-12(8-15-17)16-13(18)11-5-3-10(7-14)4-6-11/h8-11H,2-7,14H2,1H3,(H,16,18). The van der Waals surface area contributed by atoms with Gasteiger partial charge in [-0.25, -0.2) is 0 Å². The first-order valence-electron chi connectivity index (χ1n) is 6.76. The molecule has 1 amide bonds. The van der Waals surface area contributed by atoms with Crippen LogP contribution in [0.2, 0.25) is 0 Å². The molecule has 5 nitrogen and oxygen atoms in total. The van der Waals surface area contributed by atoms with Gasteiger partial charge in [0, 0.05) is 18.7 Å². The van der Waals surface area contributed by atoms with Crippen molar-refractivity contribution in [2.75, 3.05) is 11.9 Å². The van der Waals surface area contributed by atoms with Gasteiger partial charge in [0.15, 0.2) is 0 Å². The summed E-state index contributed by atoms with van der Waals surface area (Å²) in [5, 5.41) is 7.09. The summed E-state index contributed by atoms with van der Waals surface area (Å²) in [6, 6.07) is 0. The van der Waals surface area contributed by atoms with Gasteiger partial charge in [0.1, 0.15) is 0 Å². The molecule has 1 heterocycles. The van der Waals surface area contributed by atoms with Crippen molar-refractivity contribution in [3.63, 3.8) is 0 Å². The highest BCUT2D eigenvalue weighted by Gasteiger charge is 2.25. The predicted octanol–water partition coefficient (Wildman–Crippen LogP) is 1.61. The molecule has 18 heavy (non-hydrogen) atoms. The highest BCUT2D eigenvalue weighted by Crippen LogP contribution is 2.28. The van der Waals surface area contributed by atoms with Gasteiger partial charge in [0.2, 0.25) is 5.91 Å². The second-order valence-electron chi connectivity index (χ2n) is 5.03. The van der Waals surface area contributed by atoms with Gasteiger partial charge in [-0.1, -0.05) is 0 Å². The lowest BCUT2D eigenvalue weighted by molar-refractivity contribution is -0.121. The third-order valence-electron chi connectivity index (χ3n) is 3.78. The highest BCUT2D eigenvalue weighted by atomic mass is 16.1. The minimum Gasteiger partial charge on any atom is -0.330 e. The summed E-state index contributed by atoms with van der Waals surface area (Å²) in [4.78, 5) is 12.1. The van der Waals surface area contributed by atoms with Gasteiger partial charge < -0.3 is 11.1 Å². The first-order chi connectivity index (χ1) is 8.72. The molecule has 0 radical (unpaired) electrons. The molecule has 0 aliphatic heterocycles. The summed E-state index contributed by atoms with van der Waals surface area (Å²) < 4.78 is 1.81. The Labute approximate surface area is 108 Å². The fraction of sp³-hybridized carbons (Fsp3) is 0.692. The molecule has 0 aromatic carbocycles. The second kappa shape index (κ2) is 6.00. The van der Waals surface area contributed by atoms with Crippen LogP contribution in [0.4, 0.5) is 5.69 Å². The molecule has 1 aromatic heterocycles. The summed E-state index contributed by atoms with van der Waals surface area (Å²) in [5.74, 6) is 0.871. The Kier molecular flexibility index (Phi) is 4.36. The number of carbonyl (C=O) groups is 1. The van der Waals surface area contributed by atoms with Crippen molar-refractivity contribution in [3.05, 3.63) is 12.4 Å². The topological polar surface area (TPSA) is 72.9 Å². The minimum absolute atomic E-state index is 0.126. The molecule has 1 saturated carbocycles. The number of aryl methyl sites for hydroxylation is 1. The van der Waals surface area contributed by atoms with E-state index < -0.39 is 0 Å². The van der Waals surface area contributed by atoms with Gasteiger partial charge in [-0.3, -0.25) is 9.48 Å². The van der Waals surface area contributed by atoms with Crippen LogP contribution in [-0.2, 0) is 11.3 Å². The van der Waals surface area contributed by atoms with E-state index in [1.54, 1.807) is 10.9 Å². The van der Waals surface area contributed by atoms with Crippen molar-refractivity contribution in [2.45, 2.75) is 39.2 Å². The number of nitrogens with zero attached hydrogens (tertiary/aromatic N) is 2. The molecule has 1 aromatic rings. The zero-order chi connectivity index (χ0) is 13.0. The van der Waals surface area contributed by atoms with Crippen LogP contribution < -0.4 is 11.1 Å². The van der Waals surface area contributed by atoms with Crippen LogP contribution in [0.1, 0.15) is 32.6 Å². The highest BCUT2D eigenvalue weighted by molar-refractivity contribution is 5.92. The zero-order valence-electron chi connectivity index (χ0n) is 10.9. The molecule has 0 atom stereocenters. The second-order valence-corrected chi connectivity index (χ2v) is 5.03. The van der Waals surface area contributed by atoms with Crippen LogP contribution in [0.5, 0.6) is 0 Å². The van der Waals surface area contributed by atoms with Crippen LogP contribution in [0.3, 0.4) is 0 Å². The van der Waals surface area contributed by atoms with E-state index in [2.05, 4.69) is 10.4 Å². The Bertz CT molecular complexity index is 393. The van der Waals surface area contributed by atoms with Crippen molar-refractivity contribution in [3.8, 4) is 0 Å². The number of hydrogen-bond acceptors (Lipinski definition) is 3. The van der Waals surface area contributed by atoms with Crippen LogP contribution in [0.15, 0.2) is 12.4 Å². The van der Waals surface area contributed by atoms with Crippen LogP contribution >= 0.6 is 0 Å². The van der Waals surface area contributed by atoms with Gasteiger partial charge in [0.05, 0.1) is 11.9 Å². The average Bonchev–Trinajstić information content (AvgIpc) is 2.86. The van der Waals surface area contributed by atoms with Crippen LogP contribution in [0.25, 0.3) is 0 Å². The van der Waals surface area contributed by atoms with E-state index in [4.69, 9.17) is 5.73 Å². The van der Waals surface area contributed by atoms with Gasteiger partial charge >= 0.3 is 0 Å². The van der Waals surface area contributed by atoms with E-state index >= 15 is 0 Å². The first kappa shape index (κ1) is 13.1. The number of anilines is 1. The normalized spacial score (nSPS) is 23.9. The molecule has 0 spiro atoms. The van der Waals surface area contributed by atoms with Gasteiger partial charge in [-0.15, -0.1) is 0 Å². The van der Waals surface area contributed by atoms with Crippen molar-refractivity contribution >= 4 is 11.6 Å². The van der Waals surface area contributed by atoms with Gasteiger partial charge in [0.25, 0.3) is 0 Å². The molecule has 2 rings (SSSR count). The maximum Gasteiger partial charge on any atom is 0.227 e. The van der Waals surface area contributed by atoms with E-state index in [1.165, 1.54) is 0 Å². The molecular formula is C13H22N4O. The Morgan fingerprint density at radius 3 is 2.78 bits per heavy atom. The van der Waals surface area contributed by atoms with E-state index in [-0.39, 0.29) is 11.8 Å². The lowest BCUT2D eigenvalue weighted by atomic mass is 9.81. The maximum absolute atomic E-state index is 12.1. The molecule has 3 N–H and O–H groups in total. The third kappa shape index (κ3) is 3.10. The number of aromatic nitrogens is 2. The molecule has 0 bridgehead atoms. The molecular weight excluding hydrogens is 228 g/mol. The van der Waals surface area contributed by atoms with Gasteiger partial charge in [-0.2, -0.15) is 5.10 Å². The van der Waals surface area contributed by atoms with Crippen molar-refractivity contribution in [1.29, 1.82) is 0 Å². The summed E-state index contributed by atoms with van der Waals surface area (Å²) in [5.41, 5.74) is 6.45. The summed E-state index contributed by atoms with van der Waals surface area (Å²) in [6.45, 7) is 3.59. The van der Waals surface area contributed by atoms with Crippen LogP contribution in [0, 0.1) is 11.8 Å². The molecule has 1 fully saturated rings. The number of rotatable bonds is 4. The molecule has 0 unspecified atom stereocenters. The summed E-state index contributed by atoms with van der Waals surface area (Å²) in [7, 11) is 0. The number of amides is 1. The SMILES string of the molecule is CCn1cc(NC(=O)C2CCC(CN)CC2)cn1. The minimum atomic E-state index is 0.126. The van der Waals surface area contributed by atoms with Crippen molar-refractivity contribution in [1.82, 2.24) is 9.78 Å². The fourth-order valence-corrected chi connectivity index (χ4v) is 2.51.